The molecular weight excluding hydrogens is 410 g/mol. The van der Waals surface area contributed by atoms with Crippen molar-refractivity contribution in [1.82, 2.24) is 10.1 Å². The minimum absolute atomic E-state index is 0.0781. The molecule has 1 unspecified atom stereocenters. The molecule has 3 aromatic heterocycles. The molecule has 1 aliphatic heterocycles. The molecule has 0 saturated carbocycles. The highest BCUT2D eigenvalue weighted by Gasteiger charge is 2.22. The highest BCUT2D eigenvalue weighted by atomic mass is 16.5. The third kappa shape index (κ3) is 3.97. The van der Waals surface area contributed by atoms with Gasteiger partial charge in [0.2, 0.25) is 0 Å². The van der Waals surface area contributed by atoms with Crippen molar-refractivity contribution in [3.63, 3.8) is 0 Å². The van der Waals surface area contributed by atoms with Gasteiger partial charge in [-0.25, -0.2) is 4.98 Å². The highest BCUT2D eigenvalue weighted by Crippen LogP contribution is 2.31. The van der Waals surface area contributed by atoms with Crippen molar-refractivity contribution in [3.8, 4) is 17.2 Å². The fourth-order valence-electron chi connectivity index (χ4n) is 3.82. The predicted octanol–water partition coefficient (Wildman–Crippen LogP) is 4.91. The van der Waals surface area contributed by atoms with Gasteiger partial charge in [0, 0.05) is 6.61 Å². The zero-order valence-electron chi connectivity index (χ0n) is 17.9. The number of amides is 1. The van der Waals surface area contributed by atoms with Crippen LogP contribution in [0.2, 0.25) is 0 Å². The van der Waals surface area contributed by atoms with Crippen LogP contribution in [0.4, 0.5) is 5.69 Å². The number of aryl methyl sites for hydroxylation is 2. The van der Waals surface area contributed by atoms with E-state index in [2.05, 4.69) is 15.5 Å². The van der Waals surface area contributed by atoms with Gasteiger partial charge in [0.1, 0.15) is 18.1 Å². The van der Waals surface area contributed by atoms with E-state index in [1.807, 2.05) is 25.1 Å². The molecule has 8 nitrogen and oxygen atoms in total. The van der Waals surface area contributed by atoms with E-state index in [0.29, 0.717) is 46.1 Å². The van der Waals surface area contributed by atoms with Gasteiger partial charge >= 0.3 is 0 Å². The van der Waals surface area contributed by atoms with Crippen LogP contribution in [0.1, 0.15) is 34.5 Å². The summed E-state index contributed by atoms with van der Waals surface area (Å²) < 4.78 is 22.5. The summed E-state index contributed by atoms with van der Waals surface area (Å²) in [4.78, 5) is 17.8. The zero-order valence-corrected chi connectivity index (χ0v) is 17.9. The smallest absolute Gasteiger partial charge is 0.259 e. The number of carbonyl (C=O) groups excluding carboxylic acids is 1. The summed E-state index contributed by atoms with van der Waals surface area (Å²) in [6.45, 7) is 4.96. The average Bonchev–Trinajstić information content (AvgIpc) is 3.56. The minimum atomic E-state index is -0.317. The van der Waals surface area contributed by atoms with E-state index in [1.54, 1.807) is 31.4 Å². The highest BCUT2D eigenvalue weighted by molar-refractivity contribution is 6.13. The van der Waals surface area contributed by atoms with Crippen LogP contribution in [0.15, 0.2) is 51.6 Å². The van der Waals surface area contributed by atoms with Crippen molar-refractivity contribution in [1.29, 1.82) is 0 Å². The third-order valence-corrected chi connectivity index (χ3v) is 5.47. The van der Waals surface area contributed by atoms with E-state index in [1.165, 1.54) is 0 Å². The molecule has 0 spiro atoms. The number of furan rings is 1. The summed E-state index contributed by atoms with van der Waals surface area (Å²) in [5, 5.41) is 7.52. The molecule has 1 amide bonds. The Morgan fingerprint density at radius 2 is 2.16 bits per heavy atom. The number of aromatic nitrogens is 2. The molecule has 1 aromatic carbocycles. The second-order valence-electron chi connectivity index (χ2n) is 7.88. The largest absolute Gasteiger partial charge is 0.489 e. The normalized spacial score (nSPS) is 15.9. The van der Waals surface area contributed by atoms with E-state index in [-0.39, 0.29) is 17.7 Å². The number of carbonyl (C=O) groups is 1. The lowest BCUT2D eigenvalue weighted by atomic mass is 10.1. The molecule has 0 aliphatic carbocycles. The molecule has 8 heteroatoms. The van der Waals surface area contributed by atoms with Gasteiger partial charge in [-0.2, -0.15) is 0 Å². The van der Waals surface area contributed by atoms with Gasteiger partial charge < -0.3 is 23.7 Å². The number of hydrogen-bond donors (Lipinski definition) is 1. The maximum Gasteiger partial charge on any atom is 0.259 e. The molecule has 1 atom stereocenters. The molecule has 4 aromatic rings. The van der Waals surface area contributed by atoms with Crippen LogP contribution >= 0.6 is 0 Å². The van der Waals surface area contributed by atoms with E-state index >= 15 is 0 Å². The number of hydrogen-bond acceptors (Lipinski definition) is 7. The molecule has 1 N–H and O–H groups in total. The van der Waals surface area contributed by atoms with Gasteiger partial charge in [0.15, 0.2) is 5.76 Å². The number of nitrogens with zero attached hydrogens (tertiary/aromatic N) is 2. The number of anilines is 1. The lowest BCUT2D eigenvalue weighted by molar-refractivity contribution is 0.0681. The van der Waals surface area contributed by atoms with Crippen LogP contribution in [0, 0.1) is 13.8 Å². The standard InChI is InChI=1S/C24H23N3O5/c1-14-7-8-18(21(11-14)31-13-16-5-3-9-29-16)25-23(28)17-12-19(20-6-4-10-30-20)26-24-22(17)15(2)27-32-24/h4,6-8,10-12,16H,3,5,9,13H2,1-2H3,(H,25,28). The quantitative estimate of drug-likeness (QED) is 0.461. The molecule has 4 heterocycles. The van der Waals surface area contributed by atoms with E-state index in [4.69, 9.17) is 18.4 Å². The number of rotatable bonds is 6. The van der Waals surface area contributed by atoms with Crippen molar-refractivity contribution < 1.29 is 23.2 Å². The summed E-state index contributed by atoms with van der Waals surface area (Å²) in [7, 11) is 0. The van der Waals surface area contributed by atoms with Crippen LogP contribution < -0.4 is 10.1 Å². The van der Waals surface area contributed by atoms with Crippen molar-refractivity contribution in [2.45, 2.75) is 32.8 Å². The van der Waals surface area contributed by atoms with Crippen LogP contribution in [0.25, 0.3) is 22.6 Å². The van der Waals surface area contributed by atoms with E-state index in [0.717, 1.165) is 25.0 Å². The Morgan fingerprint density at radius 3 is 2.94 bits per heavy atom. The first kappa shape index (κ1) is 20.3. The number of nitrogens with one attached hydrogen (secondary N) is 1. The summed E-state index contributed by atoms with van der Waals surface area (Å²) in [5.41, 5.74) is 3.36. The zero-order chi connectivity index (χ0) is 22.1. The van der Waals surface area contributed by atoms with E-state index in [9.17, 15) is 4.79 Å². The monoisotopic (exact) mass is 433 g/mol. The Labute approximate surface area is 184 Å². The van der Waals surface area contributed by atoms with Crippen LogP contribution in [-0.4, -0.2) is 35.4 Å². The Balaban J connectivity index is 1.47. The first-order chi connectivity index (χ1) is 15.6. The van der Waals surface area contributed by atoms with Gasteiger partial charge in [-0.15, -0.1) is 0 Å². The average molecular weight is 433 g/mol. The molecule has 1 aliphatic rings. The first-order valence-electron chi connectivity index (χ1n) is 10.6. The Kier molecular flexibility index (Phi) is 5.36. The van der Waals surface area contributed by atoms with Crippen molar-refractivity contribution >= 4 is 22.7 Å². The molecule has 164 valence electrons. The number of benzene rings is 1. The SMILES string of the molecule is Cc1ccc(NC(=O)c2cc(-c3ccco3)nc3onc(C)c23)c(OCC2CCCO2)c1. The lowest BCUT2D eigenvalue weighted by Gasteiger charge is -2.16. The molecule has 0 bridgehead atoms. The number of pyridine rings is 1. The Hall–Kier alpha value is -3.65. The predicted molar refractivity (Wildman–Crippen MR) is 118 cm³/mol. The summed E-state index contributed by atoms with van der Waals surface area (Å²) >= 11 is 0. The fraction of sp³-hybridized carbons (Fsp3) is 0.292. The second kappa shape index (κ2) is 8.47. The fourth-order valence-corrected chi connectivity index (χ4v) is 3.82. The summed E-state index contributed by atoms with van der Waals surface area (Å²) in [6, 6.07) is 10.9. The molecule has 5 rings (SSSR count). The number of fused-ring (bicyclic) bond motifs is 1. The van der Waals surface area contributed by atoms with Crippen molar-refractivity contribution in [3.05, 3.63) is 59.5 Å². The lowest BCUT2D eigenvalue weighted by Crippen LogP contribution is -2.18. The molecule has 0 radical (unpaired) electrons. The molecule has 1 saturated heterocycles. The van der Waals surface area contributed by atoms with Gasteiger partial charge in [0.25, 0.3) is 11.6 Å². The van der Waals surface area contributed by atoms with Crippen molar-refractivity contribution in [2.75, 3.05) is 18.5 Å². The van der Waals surface area contributed by atoms with Gasteiger partial charge in [-0.3, -0.25) is 4.79 Å². The first-order valence-corrected chi connectivity index (χ1v) is 10.6. The van der Waals surface area contributed by atoms with Gasteiger partial charge in [0.05, 0.1) is 34.7 Å². The topological polar surface area (TPSA) is 99.6 Å². The van der Waals surface area contributed by atoms with Crippen molar-refractivity contribution in [2.24, 2.45) is 0 Å². The van der Waals surface area contributed by atoms with Crippen LogP contribution in [-0.2, 0) is 4.74 Å². The summed E-state index contributed by atoms with van der Waals surface area (Å²) in [5.74, 6) is 0.820. The van der Waals surface area contributed by atoms with Gasteiger partial charge in [-0.05, 0) is 62.6 Å². The summed E-state index contributed by atoms with van der Waals surface area (Å²) in [6.07, 6.45) is 3.65. The molecular formula is C24H23N3O5. The second-order valence-corrected chi connectivity index (χ2v) is 7.88. The maximum atomic E-state index is 13.4. The minimum Gasteiger partial charge on any atom is -0.489 e. The maximum absolute atomic E-state index is 13.4. The molecule has 32 heavy (non-hydrogen) atoms. The van der Waals surface area contributed by atoms with Crippen LogP contribution in [0.5, 0.6) is 5.75 Å². The van der Waals surface area contributed by atoms with Crippen LogP contribution in [0.3, 0.4) is 0 Å². The van der Waals surface area contributed by atoms with E-state index < -0.39 is 0 Å². The Bertz CT molecular complexity index is 1260. The number of ether oxygens (including phenoxy) is 2. The van der Waals surface area contributed by atoms with Gasteiger partial charge in [-0.1, -0.05) is 11.2 Å². The molecule has 1 fully saturated rings. The Morgan fingerprint density at radius 1 is 1.25 bits per heavy atom. The third-order valence-electron chi connectivity index (χ3n) is 5.47.